The maximum Gasteiger partial charge on any atom is 0.161 e. The maximum absolute atomic E-state index is 11.8. The summed E-state index contributed by atoms with van der Waals surface area (Å²) in [5, 5.41) is 9.55. The van der Waals surface area contributed by atoms with Gasteiger partial charge in [-0.1, -0.05) is 6.07 Å². The van der Waals surface area contributed by atoms with E-state index >= 15 is 0 Å². The molecule has 0 unspecified atom stereocenters. The molecular formula is C13H18O5S. The molecule has 5 nitrogen and oxygen atoms in total. The van der Waals surface area contributed by atoms with Crippen LogP contribution in [0.3, 0.4) is 0 Å². The van der Waals surface area contributed by atoms with E-state index in [1.165, 1.54) is 14.2 Å². The molecule has 1 aromatic rings. The summed E-state index contributed by atoms with van der Waals surface area (Å²) in [6.45, 7) is 0. The highest BCUT2D eigenvalue weighted by Crippen LogP contribution is 2.35. The number of hydrogen-bond acceptors (Lipinski definition) is 5. The molecule has 1 aromatic carbocycles. The number of ether oxygens (including phenoxy) is 2. The number of sulfone groups is 1. The Balaban J connectivity index is 2.31. The number of aliphatic hydroxyl groups excluding tert-OH is 1. The van der Waals surface area contributed by atoms with E-state index in [-0.39, 0.29) is 5.75 Å². The van der Waals surface area contributed by atoms with Crippen molar-refractivity contribution in [2.75, 3.05) is 20.0 Å². The Labute approximate surface area is 113 Å². The first-order valence-electron chi connectivity index (χ1n) is 6.11. The predicted molar refractivity (Wildman–Crippen MR) is 71.3 cm³/mol. The summed E-state index contributed by atoms with van der Waals surface area (Å²) in [5.74, 6) is 1.18. The Morgan fingerprint density at radius 2 is 1.95 bits per heavy atom. The third-order valence-electron chi connectivity index (χ3n) is 3.48. The summed E-state index contributed by atoms with van der Waals surface area (Å²) < 4.78 is 33.9. The van der Waals surface area contributed by atoms with Crippen molar-refractivity contribution in [2.24, 2.45) is 0 Å². The van der Waals surface area contributed by atoms with Crippen LogP contribution in [0.2, 0.25) is 0 Å². The molecule has 2 rings (SSSR count). The Hall–Kier alpha value is -1.27. The molecule has 0 spiro atoms. The second kappa shape index (κ2) is 5.38. The standard InChI is InChI=1S/C13H18O5S/c1-17-10-6-5-9(8-11(10)18-2)13(14)12-4-3-7-19(12,15)16/h5-6,8,12-14H,3-4,7H2,1-2H3/t12-,13-/m0/s1. The van der Waals surface area contributed by atoms with Gasteiger partial charge in [-0.15, -0.1) is 0 Å². The lowest BCUT2D eigenvalue weighted by atomic mass is 10.0. The first-order valence-corrected chi connectivity index (χ1v) is 7.82. The van der Waals surface area contributed by atoms with Crippen LogP contribution in [-0.4, -0.2) is 38.7 Å². The lowest BCUT2D eigenvalue weighted by Crippen LogP contribution is -2.24. The number of aliphatic hydroxyl groups is 1. The van der Waals surface area contributed by atoms with E-state index in [0.29, 0.717) is 29.9 Å². The van der Waals surface area contributed by atoms with Crippen LogP contribution >= 0.6 is 0 Å². The van der Waals surface area contributed by atoms with Crippen LogP contribution in [0.5, 0.6) is 11.5 Å². The fourth-order valence-electron chi connectivity index (χ4n) is 2.42. The summed E-state index contributed by atoms with van der Waals surface area (Å²) in [5.41, 5.74) is 0.535. The Bertz CT molecular complexity index is 552. The first kappa shape index (κ1) is 14.1. The highest BCUT2D eigenvalue weighted by Gasteiger charge is 2.37. The van der Waals surface area contributed by atoms with Crippen molar-refractivity contribution in [3.05, 3.63) is 23.8 Å². The smallest absolute Gasteiger partial charge is 0.161 e. The lowest BCUT2D eigenvalue weighted by Gasteiger charge is -2.19. The van der Waals surface area contributed by atoms with Crippen molar-refractivity contribution in [3.8, 4) is 11.5 Å². The minimum atomic E-state index is -3.19. The minimum absolute atomic E-state index is 0.155. The van der Waals surface area contributed by atoms with Crippen LogP contribution in [0.1, 0.15) is 24.5 Å². The van der Waals surface area contributed by atoms with Gasteiger partial charge in [0.2, 0.25) is 0 Å². The number of methoxy groups -OCH3 is 2. The van der Waals surface area contributed by atoms with Crippen molar-refractivity contribution in [1.82, 2.24) is 0 Å². The second-order valence-corrected chi connectivity index (χ2v) is 6.95. The molecule has 19 heavy (non-hydrogen) atoms. The topological polar surface area (TPSA) is 72.8 Å². The highest BCUT2D eigenvalue weighted by molar-refractivity contribution is 7.92. The van der Waals surface area contributed by atoms with E-state index in [1.807, 2.05) is 0 Å². The van der Waals surface area contributed by atoms with Gasteiger partial charge < -0.3 is 14.6 Å². The van der Waals surface area contributed by atoms with Gasteiger partial charge in [-0.3, -0.25) is 0 Å². The van der Waals surface area contributed by atoms with Gasteiger partial charge in [0.1, 0.15) is 0 Å². The van der Waals surface area contributed by atoms with Crippen molar-refractivity contribution < 1.29 is 23.0 Å². The van der Waals surface area contributed by atoms with Gasteiger partial charge in [-0.25, -0.2) is 8.42 Å². The van der Waals surface area contributed by atoms with Crippen LogP contribution in [0.15, 0.2) is 18.2 Å². The normalized spacial score (nSPS) is 23.0. The zero-order chi connectivity index (χ0) is 14.0. The molecule has 1 aliphatic heterocycles. The monoisotopic (exact) mass is 286 g/mol. The molecule has 6 heteroatoms. The van der Waals surface area contributed by atoms with Crippen molar-refractivity contribution in [2.45, 2.75) is 24.2 Å². The van der Waals surface area contributed by atoms with Crippen LogP contribution in [0.25, 0.3) is 0 Å². The van der Waals surface area contributed by atoms with E-state index in [9.17, 15) is 13.5 Å². The Kier molecular flexibility index (Phi) is 4.01. The lowest BCUT2D eigenvalue weighted by molar-refractivity contribution is 0.169. The average Bonchev–Trinajstić information content (AvgIpc) is 2.76. The summed E-state index contributed by atoms with van der Waals surface area (Å²) in [6, 6.07) is 4.95. The summed E-state index contributed by atoms with van der Waals surface area (Å²) in [4.78, 5) is 0. The van der Waals surface area contributed by atoms with E-state index in [0.717, 1.165) is 0 Å². The molecule has 1 aliphatic rings. The molecule has 2 atom stereocenters. The molecule has 0 bridgehead atoms. The predicted octanol–water partition coefficient (Wildman–Crippen LogP) is 1.31. The van der Waals surface area contributed by atoms with Crippen molar-refractivity contribution in [1.29, 1.82) is 0 Å². The quantitative estimate of drug-likeness (QED) is 0.903. The van der Waals surface area contributed by atoms with Crippen LogP contribution < -0.4 is 9.47 Å². The number of hydrogen-bond donors (Lipinski definition) is 1. The summed E-state index contributed by atoms with van der Waals surface area (Å²) in [6.07, 6.45) is 0.0853. The van der Waals surface area contributed by atoms with Gasteiger partial charge in [-0.2, -0.15) is 0 Å². The zero-order valence-electron chi connectivity index (χ0n) is 11.0. The average molecular weight is 286 g/mol. The minimum Gasteiger partial charge on any atom is -0.493 e. The van der Waals surface area contributed by atoms with Crippen molar-refractivity contribution in [3.63, 3.8) is 0 Å². The van der Waals surface area contributed by atoms with Crippen LogP contribution in [0.4, 0.5) is 0 Å². The van der Waals surface area contributed by atoms with Gasteiger partial charge in [0.05, 0.1) is 31.3 Å². The van der Waals surface area contributed by atoms with E-state index < -0.39 is 21.2 Å². The van der Waals surface area contributed by atoms with E-state index in [4.69, 9.17) is 9.47 Å². The van der Waals surface area contributed by atoms with Gasteiger partial charge in [0, 0.05) is 0 Å². The van der Waals surface area contributed by atoms with E-state index in [2.05, 4.69) is 0 Å². The molecular weight excluding hydrogens is 268 g/mol. The fraction of sp³-hybridized carbons (Fsp3) is 0.538. The molecule has 106 valence electrons. The van der Waals surface area contributed by atoms with Gasteiger partial charge in [0.25, 0.3) is 0 Å². The highest BCUT2D eigenvalue weighted by atomic mass is 32.2. The number of benzene rings is 1. The van der Waals surface area contributed by atoms with Crippen LogP contribution in [-0.2, 0) is 9.84 Å². The molecule has 0 radical (unpaired) electrons. The van der Waals surface area contributed by atoms with Gasteiger partial charge in [-0.05, 0) is 30.5 Å². The zero-order valence-corrected chi connectivity index (χ0v) is 11.8. The molecule has 1 heterocycles. The second-order valence-electron chi connectivity index (χ2n) is 4.61. The fourth-order valence-corrected chi connectivity index (χ4v) is 4.37. The van der Waals surface area contributed by atoms with Crippen molar-refractivity contribution >= 4 is 9.84 Å². The molecule has 1 saturated heterocycles. The SMILES string of the molecule is COc1ccc([C@H](O)[C@@H]2CCCS2(=O)=O)cc1OC. The third-order valence-corrected chi connectivity index (χ3v) is 5.75. The third kappa shape index (κ3) is 2.69. The molecule has 0 aliphatic carbocycles. The Morgan fingerprint density at radius 3 is 2.47 bits per heavy atom. The molecule has 0 saturated carbocycles. The van der Waals surface area contributed by atoms with Gasteiger partial charge >= 0.3 is 0 Å². The first-order chi connectivity index (χ1) is 8.99. The maximum atomic E-state index is 11.8. The van der Waals surface area contributed by atoms with Crippen LogP contribution in [0, 0.1) is 0 Å². The molecule has 0 amide bonds. The summed E-state index contributed by atoms with van der Waals surface area (Å²) in [7, 11) is -0.168. The summed E-state index contributed by atoms with van der Waals surface area (Å²) >= 11 is 0. The number of rotatable bonds is 4. The molecule has 1 fully saturated rings. The molecule has 1 N–H and O–H groups in total. The van der Waals surface area contributed by atoms with Gasteiger partial charge in [0.15, 0.2) is 21.3 Å². The Morgan fingerprint density at radius 1 is 1.26 bits per heavy atom. The largest absolute Gasteiger partial charge is 0.493 e. The molecule has 0 aromatic heterocycles. The van der Waals surface area contributed by atoms with E-state index in [1.54, 1.807) is 18.2 Å².